The van der Waals surface area contributed by atoms with Crippen molar-refractivity contribution in [3.63, 3.8) is 0 Å². The van der Waals surface area contributed by atoms with Crippen LogP contribution in [0.25, 0.3) is 0 Å². The zero-order valence-electron chi connectivity index (χ0n) is 9.72. The van der Waals surface area contributed by atoms with Gasteiger partial charge in [-0.25, -0.2) is 0 Å². The van der Waals surface area contributed by atoms with Crippen molar-refractivity contribution < 1.29 is 13.5 Å². The van der Waals surface area contributed by atoms with Gasteiger partial charge >= 0.3 is 6.61 Å². The fraction of sp³-hybridized carbons (Fsp3) is 0.500. The molecule has 1 N–H and O–H groups in total. The molecule has 1 atom stereocenters. The van der Waals surface area contributed by atoms with Crippen LogP contribution in [0.5, 0.6) is 5.75 Å². The van der Waals surface area contributed by atoms with Gasteiger partial charge in [0.05, 0.1) is 10.0 Å². The highest BCUT2D eigenvalue weighted by Gasteiger charge is 2.28. The number of rotatable bonds is 5. The first-order chi connectivity index (χ1) is 8.47. The molecule has 18 heavy (non-hydrogen) atoms. The Bertz CT molecular complexity index is 415. The average molecular weight is 296 g/mol. The van der Waals surface area contributed by atoms with Gasteiger partial charge in [-0.3, -0.25) is 0 Å². The summed E-state index contributed by atoms with van der Waals surface area (Å²) >= 11 is 11.7. The zero-order valence-corrected chi connectivity index (χ0v) is 11.2. The van der Waals surface area contributed by atoms with Gasteiger partial charge in [0.15, 0.2) is 5.75 Å². The molecule has 1 fully saturated rings. The van der Waals surface area contributed by atoms with Gasteiger partial charge in [0, 0.05) is 11.7 Å². The van der Waals surface area contributed by atoms with Crippen LogP contribution in [0, 0.1) is 5.92 Å². The predicted octanol–water partition coefficient (Wildman–Crippen LogP) is 4.81. The second-order valence-corrected chi connectivity index (χ2v) is 5.23. The number of alkyl halides is 2. The SMILES string of the molecule is CC(Nc1cc(Cl)c(OC(F)F)c(Cl)c1)C1CC1. The summed E-state index contributed by atoms with van der Waals surface area (Å²) < 4.78 is 28.6. The van der Waals surface area contributed by atoms with Gasteiger partial charge < -0.3 is 10.1 Å². The van der Waals surface area contributed by atoms with Crippen molar-refractivity contribution in [1.82, 2.24) is 0 Å². The molecule has 1 aliphatic rings. The second kappa shape index (κ2) is 5.49. The first-order valence-electron chi connectivity index (χ1n) is 5.67. The summed E-state index contributed by atoms with van der Waals surface area (Å²) in [5.41, 5.74) is 0.714. The van der Waals surface area contributed by atoms with E-state index < -0.39 is 6.61 Å². The third-order valence-corrected chi connectivity index (χ3v) is 3.49. The van der Waals surface area contributed by atoms with Crippen LogP contribution < -0.4 is 10.1 Å². The van der Waals surface area contributed by atoms with Gasteiger partial charge in [0.1, 0.15) is 0 Å². The molecule has 0 aliphatic heterocycles. The molecule has 1 aromatic rings. The van der Waals surface area contributed by atoms with Gasteiger partial charge in [-0.05, 0) is 37.8 Å². The van der Waals surface area contributed by atoms with Crippen LogP contribution in [0.15, 0.2) is 12.1 Å². The van der Waals surface area contributed by atoms with Crippen molar-refractivity contribution in [2.45, 2.75) is 32.4 Å². The molecule has 1 aromatic carbocycles. The minimum atomic E-state index is -2.94. The number of hydrogen-bond donors (Lipinski definition) is 1. The van der Waals surface area contributed by atoms with E-state index in [1.165, 1.54) is 12.8 Å². The third-order valence-electron chi connectivity index (χ3n) is 2.93. The number of anilines is 1. The summed E-state index contributed by atoms with van der Waals surface area (Å²) in [6.45, 7) is -0.868. The van der Waals surface area contributed by atoms with Crippen LogP contribution in [0.2, 0.25) is 10.0 Å². The quantitative estimate of drug-likeness (QED) is 0.842. The maximum atomic E-state index is 12.2. The van der Waals surface area contributed by atoms with Crippen molar-refractivity contribution in [2.24, 2.45) is 5.92 Å². The van der Waals surface area contributed by atoms with Crippen LogP contribution in [-0.2, 0) is 0 Å². The van der Waals surface area contributed by atoms with E-state index in [-0.39, 0.29) is 15.8 Å². The molecule has 2 rings (SSSR count). The standard InChI is InChI=1S/C12H13Cl2F2NO/c1-6(7-2-3-7)17-8-4-9(13)11(10(14)5-8)18-12(15)16/h4-7,12,17H,2-3H2,1H3. The molecule has 1 aliphatic carbocycles. The first kappa shape index (κ1) is 13.7. The maximum absolute atomic E-state index is 12.2. The van der Waals surface area contributed by atoms with Crippen LogP contribution in [0.4, 0.5) is 14.5 Å². The highest BCUT2D eigenvalue weighted by atomic mass is 35.5. The topological polar surface area (TPSA) is 21.3 Å². The molecule has 1 unspecified atom stereocenters. The molecule has 0 radical (unpaired) electrons. The summed E-state index contributed by atoms with van der Waals surface area (Å²) in [7, 11) is 0. The Morgan fingerprint density at radius 2 is 1.83 bits per heavy atom. The molecule has 0 spiro atoms. The molecule has 100 valence electrons. The Kier molecular flexibility index (Phi) is 4.17. The van der Waals surface area contributed by atoms with E-state index in [4.69, 9.17) is 23.2 Å². The van der Waals surface area contributed by atoms with E-state index in [1.54, 1.807) is 12.1 Å². The van der Waals surface area contributed by atoms with E-state index >= 15 is 0 Å². The zero-order chi connectivity index (χ0) is 13.3. The molecule has 1 saturated carbocycles. The molecule has 2 nitrogen and oxygen atoms in total. The lowest BCUT2D eigenvalue weighted by molar-refractivity contribution is -0.0497. The third kappa shape index (κ3) is 3.39. The van der Waals surface area contributed by atoms with Gasteiger partial charge in [0.2, 0.25) is 0 Å². The molecule has 0 aromatic heterocycles. The maximum Gasteiger partial charge on any atom is 0.387 e. The molecule has 6 heteroatoms. The Hall–Kier alpha value is -0.740. The lowest BCUT2D eigenvalue weighted by Crippen LogP contribution is -2.17. The summed E-state index contributed by atoms with van der Waals surface area (Å²) in [5, 5.41) is 3.41. The average Bonchev–Trinajstić information content (AvgIpc) is 3.06. The van der Waals surface area contributed by atoms with Crippen molar-refractivity contribution in [3.05, 3.63) is 22.2 Å². The number of ether oxygens (including phenoxy) is 1. The molecule has 0 amide bonds. The predicted molar refractivity (Wildman–Crippen MR) is 68.9 cm³/mol. The van der Waals surface area contributed by atoms with Crippen molar-refractivity contribution >= 4 is 28.9 Å². The summed E-state index contributed by atoms with van der Waals surface area (Å²) in [6.07, 6.45) is 2.42. The van der Waals surface area contributed by atoms with Crippen molar-refractivity contribution in [3.8, 4) is 5.75 Å². The molecule has 0 heterocycles. The van der Waals surface area contributed by atoms with Crippen LogP contribution in [0.1, 0.15) is 19.8 Å². The van der Waals surface area contributed by atoms with Gasteiger partial charge in [-0.15, -0.1) is 0 Å². The Balaban J connectivity index is 2.13. The fourth-order valence-corrected chi connectivity index (χ4v) is 2.40. The number of hydrogen-bond acceptors (Lipinski definition) is 2. The lowest BCUT2D eigenvalue weighted by atomic mass is 10.2. The Morgan fingerprint density at radius 3 is 2.28 bits per heavy atom. The Labute approximate surface area is 114 Å². The van der Waals surface area contributed by atoms with Gasteiger partial charge in [0.25, 0.3) is 0 Å². The number of benzene rings is 1. The lowest BCUT2D eigenvalue weighted by Gasteiger charge is -2.16. The van der Waals surface area contributed by atoms with Crippen LogP contribution >= 0.6 is 23.2 Å². The molecular formula is C12H13Cl2F2NO. The normalized spacial score (nSPS) is 16.8. The Morgan fingerprint density at radius 1 is 1.28 bits per heavy atom. The van der Waals surface area contributed by atoms with Crippen LogP contribution in [-0.4, -0.2) is 12.7 Å². The largest absolute Gasteiger partial charge is 0.432 e. The smallest absolute Gasteiger partial charge is 0.387 e. The van der Waals surface area contributed by atoms with E-state index in [0.717, 1.165) is 0 Å². The number of nitrogens with one attached hydrogen (secondary N) is 1. The summed E-state index contributed by atoms with van der Waals surface area (Å²) in [6, 6.07) is 3.41. The summed E-state index contributed by atoms with van der Waals surface area (Å²) in [4.78, 5) is 0. The fourth-order valence-electron chi connectivity index (χ4n) is 1.82. The van der Waals surface area contributed by atoms with Gasteiger partial charge in [-0.2, -0.15) is 8.78 Å². The first-order valence-corrected chi connectivity index (χ1v) is 6.43. The summed E-state index contributed by atoms with van der Waals surface area (Å²) in [5.74, 6) is 0.484. The van der Waals surface area contributed by atoms with E-state index in [1.807, 2.05) is 0 Å². The highest BCUT2D eigenvalue weighted by molar-refractivity contribution is 6.37. The van der Waals surface area contributed by atoms with E-state index in [9.17, 15) is 8.78 Å². The van der Waals surface area contributed by atoms with E-state index in [2.05, 4.69) is 17.0 Å². The molecular weight excluding hydrogens is 283 g/mol. The second-order valence-electron chi connectivity index (χ2n) is 4.42. The van der Waals surface area contributed by atoms with Crippen molar-refractivity contribution in [2.75, 3.05) is 5.32 Å². The van der Waals surface area contributed by atoms with Crippen LogP contribution in [0.3, 0.4) is 0 Å². The minimum Gasteiger partial charge on any atom is -0.432 e. The minimum absolute atomic E-state index is 0.0771. The van der Waals surface area contributed by atoms with Gasteiger partial charge in [-0.1, -0.05) is 23.2 Å². The number of halogens is 4. The monoisotopic (exact) mass is 295 g/mol. The van der Waals surface area contributed by atoms with Crippen molar-refractivity contribution in [1.29, 1.82) is 0 Å². The highest BCUT2D eigenvalue weighted by Crippen LogP contribution is 2.39. The van der Waals surface area contributed by atoms with E-state index in [0.29, 0.717) is 17.6 Å². The molecule has 0 bridgehead atoms. The molecule has 0 saturated heterocycles.